The summed E-state index contributed by atoms with van der Waals surface area (Å²) in [5.74, 6) is 0.151. The molecule has 0 radical (unpaired) electrons. The van der Waals surface area contributed by atoms with Crippen molar-refractivity contribution in [1.29, 1.82) is 0 Å². The van der Waals surface area contributed by atoms with Gasteiger partial charge in [-0.25, -0.2) is 8.78 Å². The molecule has 1 amide bonds. The predicted molar refractivity (Wildman–Crippen MR) is 64.0 cm³/mol. The van der Waals surface area contributed by atoms with E-state index in [-0.39, 0.29) is 11.4 Å². The number of carbonyl (C=O) groups is 1. The second-order valence-corrected chi connectivity index (χ2v) is 4.64. The quantitative estimate of drug-likeness (QED) is 0.778. The Morgan fingerprint density at radius 2 is 2.47 bits per heavy atom. The molecule has 2 rings (SSSR count). The Hall–Kier alpha value is -1.50. The van der Waals surface area contributed by atoms with E-state index in [0.717, 1.165) is 38.5 Å². The number of ether oxygens (including phenoxy) is 1. The highest BCUT2D eigenvalue weighted by atomic mass is 19.3. The number of H-pyrrole nitrogens is 1. The first-order valence-electron chi connectivity index (χ1n) is 6.36. The van der Waals surface area contributed by atoms with Gasteiger partial charge >= 0.3 is 0 Å². The second-order valence-electron chi connectivity index (χ2n) is 4.64. The molecule has 1 saturated heterocycles. The van der Waals surface area contributed by atoms with E-state index in [1.54, 1.807) is 0 Å². The third kappa shape index (κ3) is 3.99. The molecule has 2 heterocycles. The number of hydrogen-bond acceptors (Lipinski definition) is 3. The van der Waals surface area contributed by atoms with Crippen LogP contribution in [-0.2, 0) is 4.74 Å². The number of halogens is 2. The van der Waals surface area contributed by atoms with E-state index in [1.165, 1.54) is 0 Å². The first-order chi connectivity index (χ1) is 9.16. The van der Waals surface area contributed by atoms with E-state index in [9.17, 15) is 13.6 Å². The van der Waals surface area contributed by atoms with Gasteiger partial charge in [0.1, 0.15) is 11.4 Å². The smallest absolute Gasteiger partial charge is 0.279 e. The van der Waals surface area contributed by atoms with Gasteiger partial charge in [0.2, 0.25) is 0 Å². The lowest BCUT2D eigenvalue weighted by Gasteiger charge is -2.07. The van der Waals surface area contributed by atoms with Crippen LogP contribution in [0.1, 0.15) is 41.9 Å². The predicted octanol–water partition coefficient (Wildman–Crippen LogP) is 1.89. The maximum absolute atomic E-state index is 12.3. The molecule has 0 aromatic carbocycles. The zero-order valence-electron chi connectivity index (χ0n) is 10.5. The lowest BCUT2D eigenvalue weighted by atomic mass is 10.0. The lowest BCUT2D eigenvalue weighted by molar-refractivity contribution is 0.0947. The minimum atomic E-state index is -2.64. The van der Waals surface area contributed by atoms with Gasteiger partial charge in [0.15, 0.2) is 0 Å². The normalized spacial score (nSPS) is 19.0. The largest absolute Gasteiger partial charge is 0.381 e. The summed E-state index contributed by atoms with van der Waals surface area (Å²) in [5.41, 5.74) is -0.340. The monoisotopic (exact) mass is 273 g/mol. The molecule has 0 saturated carbocycles. The number of carbonyl (C=O) groups excluding carboxylic acids is 1. The van der Waals surface area contributed by atoms with E-state index >= 15 is 0 Å². The van der Waals surface area contributed by atoms with Crippen LogP contribution in [0.3, 0.4) is 0 Å². The molecule has 1 atom stereocenters. The van der Waals surface area contributed by atoms with Crippen molar-refractivity contribution in [2.45, 2.75) is 25.7 Å². The molecule has 1 unspecified atom stereocenters. The molecule has 0 aliphatic carbocycles. The summed E-state index contributed by atoms with van der Waals surface area (Å²) in [7, 11) is 0. The van der Waals surface area contributed by atoms with Crippen LogP contribution in [0, 0.1) is 5.92 Å². The van der Waals surface area contributed by atoms with Crippen molar-refractivity contribution < 1.29 is 18.3 Å². The maximum Gasteiger partial charge on any atom is 0.279 e. The fraction of sp³-hybridized carbons (Fsp3) is 0.667. The van der Waals surface area contributed by atoms with Crippen molar-refractivity contribution in [3.8, 4) is 0 Å². The minimum Gasteiger partial charge on any atom is -0.381 e. The molecule has 0 spiro atoms. The van der Waals surface area contributed by atoms with Crippen molar-refractivity contribution in [2.24, 2.45) is 5.92 Å². The van der Waals surface area contributed by atoms with Crippen molar-refractivity contribution in [1.82, 2.24) is 15.5 Å². The Labute approximate surface area is 109 Å². The molecule has 106 valence electrons. The average Bonchev–Trinajstić information content (AvgIpc) is 3.05. The van der Waals surface area contributed by atoms with Gasteiger partial charge in [-0.1, -0.05) is 0 Å². The Bertz CT molecular complexity index is 417. The molecule has 19 heavy (non-hydrogen) atoms. The third-order valence-electron chi connectivity index (χ3n) is 3.16. The fourth-order valence-corrected chi connectivity index (χ4v) is 2.06. The van der Waals surface area contributed by atoms with Crippen LogP contribution in [-0.4, -0.2) is 35.9 Å². The number of nitrogens with one attached hydrogen (secondary N) is 2. The van der Waals surface area contributed by atoms with Crippen molar-refractivity contribution >= 4 is 5.91 Å². The molecule has 2 N–H and O–H groups in total. The summed E-state index contributed by atoms with van der Waals surface area (Å²) < 4.78 is 29.9. The summed E-state index contributed by atoms with van der Waals surface area (Å²) in [4.78, 5) is 11.6. The molecule has 0 bridgehead atoms. The fourth-order valence-electron chi connectivity index (χ4n) is 2.06. The SMILES string of the molecule is O=C(NCCCC1CCOC1)c1cc(C(F)F)[nH]n1. The van der Waals surface area contributed by atoms with E-state index in [1.807, 2.05) is 0 Å². The molecule has 1 aromatic heterocycles. The third-order valence-corrected chi connectivity index (χ3v) is 3.16. The lowest BCUT2D eigenvalue weighted by Crippen LogP contribution is -2.25. The highest BCUT2D eigenvalue weighted by Crippen LogP contribution is 2.18. The summed E-state index contributed by atoms with van der Waals surface area (Å²) in [6.45, 7) is 2.14. The Morgan fingerprint density at radius 3 is 3.11 bits per heavy atom. The number of nitrogens with zero attached hydrogens (tertiary/aromatic N) is 1. The molecule has 5 nitrogen and oxygen atoms in total. The highest BCUT2D eigenvalue weighted by molar-refractivity contribution is 5.92. The molecule has 1 aliphatic heterocycles. The topological polar surface area (TPSA) is 67.0 Å². The summed E-state index contributed by atoms with van der Waals surface area (Å²) in [6.07, 6.45) is 0.288. The van der Waals surface area contributed by atoms with Gasteiger partial charge in [-0.3, -0.25) is 9.89 Å². The van der Waals surface area contributed by atoms with Crippen molar-refractivity contribution in [3.63, 3.8) is 0 Å². The van der Waals surface area contributed by atoms with Crippen LogP contribution in [0.4, 0.5) is 8.78 Å². The highest BCUT2D eigenvalue weighted by Gasteiger charge is 2.17. The molecule has 7 heteroatoms. The first kappa shape index (κ1) is 13.9. The van der Waals surface area contributed by atoms with Gasteiger partial charge in [-0.2, -0.15) is 5.10 Å². The van der Waals surface area contributed by atoms with Crippen LogP contribution in [0.5, 0.6) is 0 Å². The number of aromatic nitrogens is 2. The number of amides is 1. The van der Waals surface area contributed by atoms with Gasteiger partial charge in [0, 0.05) is 19.8 Å². The van der Waals surface area contributed by atoms with E-state index < -0.39 is 12.3 Å². The Balaban J connectivity index is 1.68. The van der Waals surface area contributed by atoms with E-state index in [0.29, 0.717) is 12.5 Å². The van der Waals surface area contributed by atoms with Crippen LogP contribution in [0.25, 0.3) is 0 Å². The first-order valence-corrected chi connectivity index (χ1v) is 6.36. The van der Waals surface area contributed by atoms with Gasteiger partial charge in [-0.05, 0) is 31.2 Å². The zero-order valence-corrected chi connectivity index (χ0v) is 10.5. The molecule has 1 aromatic rings. The molecular weight excluding hydrogens is 256 g/mol. The summed E-state index contributed by atoms with van der Waals surface area (Å²) >= 11 is 0. The molecule has 1 aliphatic rings. The maximum atomic E-state index is 12.3. The van der Waals surface area contributed by atoms with Crippen molar-refractivity contribution in [2.75, 3.05) is 19.8 Å². The van der Waals surface area contributed by atoms with Crippen LogP contribution >= 0.6 is 0 Å². The molecular formula is C12H17F2N3O2. The van der Waals surface area contributed by atoms with E-state index in [2.05, 4.69) is 15.5 Å². The Kier molecular flexibility index (Phi) is 4.84. The number of aromatic amines is 1. The van der Waals surface area contributed by atoms with Crippen LogP contribution < -0.4 is 5.32 Å². The van der Waals surface area contributed by atoms with Gasteiger partial charge < -0.3 is 10.1 Å². The van der Waals surface area contributed by atoms with Gasteiger partial charge in [0.05, 0.1) is 0 Å². The van der Waals surface area contributed by atoms with Crippen LogP contribution in [0.2, 0.25) is 0 Å². The summed E-state index contributed by atoms with van der Waals surface area (Å²) in [5, 5.41) is 8.37. The standard InChI is InChI=1S/C12H17F2N3O2/c13-11(14)9-6-10(17-16-9)12(18)15-4-1-2-8-3-5-19-7-8/h6,8,11H,1-5,7H2,(H,15,18)(H,16,17). The number of alkyl halides is 2. The van der Waals surface area contributed by atoms with Crippen LogP contribution in [0.15, 0.2) is 6.07 Å². The molecule has 1 fully saturated rings. The van der Waals surface area contributed by atoms with E-state index in [4.69, 9.17) is 4.74 Å². The number of rotatable bonds is 6. The average molecular weight is 273 g/mol. The van der Waals surface area contributed by atoms with Gasteiger partial charge in [0.25, 0.3) is 12.3 Å². The Morgan fingerprint density at radius 1 is 1.63 bits per heavy atom. The minimum absolute atomic E-state index is 0.000463. The van der Waals surface area contributed by atoms with Gasteiger partial charge in [-0.15, -0.1) is 0 Å². The summed E-state index contributed by atoms with van der Waals surface area (Å²) in [6, 6.07) is 1.07. The second kappa shape index (κ2) is 6.60. The zero-order chi connectivity index (χ0) is 13.7. The van der Waals surface area contributed by atoms with Crippen molar-refractivity contribution in [3.05, 3.63) is 17.5 Å². The number of hydrogen-bond donors (Lipinski definition) is 2.